The molecule has 0 unspecified atom stereocenters. The molecule has 0 atom stereocenters. The summed E-state index contributed by atoms with van der Waals surface area (Å²) >= 11 is 0. The van der Waals surface area contributed by atoms with Crippen LogP contribution < -0.4 is 10.1 Å². The minimum atomic E-state index is 0.00648. The molecule has 0 saturated carbocycles. The van der Waals surface area contributed by atoms with E-state index >= 15 is 0 Å². The van der Waals surface area contributed by atoms with Gasteiger partial charge in [0.2, 0.25) is 0 Å². The topological polar surface area (TPSA) is 38.3 Å². The van der Waals surface area contributed by atoms with Gasteiger partial charge in [-0.2, -0.15) is 0 Å². The maximum atomic E-state index is 11.5. The molecule has 1 amide bonds. The summed E-state index contributed by atoms with van der Waals surface area (Å²) in [4.78, 5) is 11.5. The average Bonchev–Trinajstić information content (AvgIpc) is 2.61. The molecule has 1 aromatic carbocycles. The first-order valence-electron chi connectivity index (χ1n) is 4.59. The van der Waals surface area contributed by atoms with Crippen LogP contribution in [-0.2, 0) is 6.54 Å². The first-order chi connectivity index (χ1) is 6.86. The van der Waals surface area contributed by atoms with E-state index in [4.69, 9.17) is 4.74 Å². The van der Waals surface area contributed by atoms with Crippen LogP contribution in [0.1, 0.15) is 21.5 Å². The van der Waals surface area contributed by atoms with E-state index in [9.17, 15) is 4.79 Å². The largest absolute Gasteiger partial charge is 0.489 e. The molecule has 3 heteroatoms. The lowest BCUT2D eigenvalue weighted by Gasteiger charge is -2.14. The van der Waals surface area contributed by atoms with Gasteiger partial charge < -0.3 is 10.1 Å². The number of amides is 1. The molecule has 0 bridgehead atoms. The Morgan fingerprint density at radius 2 is 2.29 bits per heavy atom. The van der Waals surface area contributed by atoms with Crippen LogP contribution in [0.4, 0.5) is 0 Å². The molecule has 2 aliphatic rings. The molecular formula is C11H9NO2. The van der Waals surface area contributed by atoms with Crippen LogP contribution in [0.2, 0.25) is 0 Å². The molecule has 14 heavy (non-hydrogen) atoms. The monoisotopic (exact) mass is 187 g/mol. The van der Waals surface area contributed by atoms with Crippen LogP contribution in [0.25, 0.3) is 6.08 Å². The zero-order chi connectivity index (χ0) is 9.54. The zero-order valence-corrected chi connectivity index (χ0v) is 7.54. The molecule has 70 valence electrons. The molecule has 2 aliphatic heterocycles. The Kier molecular flexibility index (Phi) is 1.42. The summed E-state index contributed by atoms with van der Waals surface area (Å²) in [5.74, 6) is 0.815. The van der Waals surface area contributed by atoms with E-state index in [-0.39, 0.29) is 5.91 Å². The summed E-state index contributed by atoms with van der Waals surface area (Å²) in [7, 11) is 0. The van der Waals surface area contributed by atoms with Gasteiger partial charge in [0, 0.05) is 12.1 Å². The lowest BCUT2D eigenvalue weighted by Crippen LogP contribution is -2.14. The van der Waals surface area contributed by atoms with Crippen molar-refractivity contribution in [3.8, 4) is 5.75 Å². The van der Waals surface area contributed by atoms with Crippen molar-refractivity contribution in [2.75, 3.05) is 6.61 Å². The van der Waals surface area contributed by atoms with Crippen molar-refractivity contribution in [2.45, 2.75) is 6.54 Å². The highest BCUT2D eigenvalue weighted by Gasteiger charge is 2.24. The number of benzene rings is 1. The number of carbonyl (C=O) groups is 1. The molecular weight excluding hydrogens is 178 g/mol. The Bertz CT molecular complexity index is 449. The van der Waals surface area contributed by atoms with Crippen molar-refractivity contribution >= 4 is 12.0 Å². The zero-order valence-electron chi connectivity index (χ0n) is 7.54. The number of fused-ring (bicyclic) bond motifs is 3. The molecule has 2 heterocycles. The summed E-state index contributed by atoms with van der Waals surface area (Å²) in [5.41, 5.74) is 2.76. The van der Waals surface area contributed by atoms with Gasteiger partial charge in [0.25, 0.3) is 5.91 Å². The van der Waals surface area contributed by atoms with Gasteiger partial charge in [-0.3, -0.25) is 4.79 Å². The highest BCUT2D eigenvalue weighted by molar-refractivity contribution is 6.02. The van der Waals surface area contributed by atoms with E-state index in [1.165, 1.54) is 0 Å². The van der Waals surface area contributed by atoms with E-state index < -0.39 is 0 Å². The van der Waals surface area contributed by atoms with Crippen LogP contribution in [0.15, 0.2) is 18.2 Å². The quantitative estimate of drug-likeness (QED) is 0.665. The number of carbonyl (C=O) groups excluding carboxylic acids is 1. The van der Waals surface area contributed by atoms with Crippen LogP contribution >= 0.6 is 0 Å². The number of nitrogens with one attached hydrogen (secondary N) is 1. The van der Waals surface area contributed by atoms with Crippen molar-refractivity contribution in [3.05, 3.63) is 34.9 Å². The SMILES string of the molecule is O=C1NCc2ccc3c(c21)C=CCO3. The van der Waals surface area contributed by atoms with Gasteiger partial charge in [0.1, 0.15) is 12.4 Å². The third-order valence-electron chi connectivity index (χ3n) is 2.58. The van der Waals surface area contributed by atoms with Crippen LogP contribution in [-0.4, -0.2) is 12.5 Å². The maximum absolute atomic E-state index is 11.5. The Hall–Kier alpha value is -1.77. The fraction of sp³-hybridized carbons (Fsp3) is 0.182. The van der Waals surface area contributed by atoms with Crippen molar-refractivity contribution in [2.24, 2.45) is 0 Å². The first-order valence-corrected chi connectivity index (χ1v) is 4.59. The minimum absolute atomic E-state index is 0.00648. The number of ether oxygens (including phenoxy) is 1. The molecule has 0 aromatic heterocycles. The third-order valence-corrected chi connectivity index (χ3v) is 2.58. The van der Waals surface area contributed by atoms with Crippen LogP contribution in [0.5, 0.6) is 5.75 Å². The summed E-state index contributed by atoms with van der Waals surface area (Å²) in [5, 5.41) is 2.81. The summed E-state index contributed by atoms with van der Waals surface area (Å²) in [6.07, 6.45) is 3.89. The fourth-order valence-corrected chi connectivity index (χ4v) is 1.92. The molecule has 0 saturated heterocycles. The van der Waals surface area contributed by atoms with Gasteiger partial charge >= 0.3 is 0 Å². The third kappa shape index (κ3) is 0.894. The molecule has 0 fully saturated rings. The van der Waals surface area contributed by atoms with E-state index in [1.807, 2.05) is 24.3 Å². The molecule has 0 aliphatic carbocycles. The van der Waals surface area contributed by atoms with Crippen molar-refractivity contribution in [1.29, 1.82) is 0 Å². The Morgan fingerprint density at radius 1 is 1.36 bits per heavy atom. The summed E-state index contributed by atoms with van der Waals surface area (Å²) in [6.45, 7) is 1.22. The second kappa shape index (κ2) is 2.61. The number of hydrogen-bond donors (Lipinski definition) is 1. The Labute approximate surface area is 81.4 Å². The molecule has 0 radical (unpaired) electrons. The highest BCUT2D eigenvalue weighted by Crippen LogP contribution is 2.31. The molecule has 0 spiro atoms. The van der Waals surface area contributed by atoms with Gasteiger partial charge in [-0.05, 0) is 17.7 Å². The fourth-order valence-electron chi connectivity index (χ4n) is 1.92. The van der Waals surface area contributed by atoms with Crippen LogP contribution in [0, 0.1) is 0 Å². The van der Waals surface area contributed by atoms with Crippen molar-refractivity contribution in [3.63, 3.8) is 0 Å². The normalized spacial score (nSPS) is 17.0. The second-order valence-corrected chi connectivity index (χ2v) is 3.41. The lowest BCUT2D eigenvalue weighted by atomic mass is 10.0. The van der Waals surface area contributed by atoms with Crippen LogP contribution in [0.3, 0.4) is 0 Å². The minimum Gasteiger partial charge on any atom is -0.489 e. The van der Waals surface area contributed by atoms with Gasteiger partial charge in [-0.25, -0.2) is 0 Å². The predicted molar refractivity (Wildman–Crippen MR) is 52.1 cm³/mol. The standard InChI is InChI=1S/C11H9NO2/c13-11-10-7(6-12-11)3-4-9-8(10)2-1-5-14-9/h1-4H,5-6H2,(H,12,13). The highest BCUT2D eigenvalue weighted by atomic mass is 16.5. The van der Waals surface area contributed by atoms with Gasteiger partial charge in [-0.1, -0.05) is 12.1 Å². The maximum Gasteiger partial charge on any atom is 0.252 e. The average molecular weight is 187 g/mol. The van der Waals surface area contributed by atoms with E-state index in [2.05, 4.69) is 5.32 Å². The summed E-state index contributed by atoms with van der Waals surface area (Å²) in [6, 6.07) is 3.88. The Balaban J connectivity index is 2.30. The van der Waals surface area contributed by atoms with Crippen molar-refractivity contribution < 1.29 is 9.53 Å². The summed E-state index contributed by atoms with van der Waals surface area (Å²) < 4.78 is 5.43. The van der Waals surface area contributed by atoms with Gasteiger partial charge in [0.05, 0.1) is 5.56 Å². The second-order valence-electron chi connectivity index (χ2n) is 3.41. The lowest BCUT2D eigenvalue weighted by molar-refractivity contribution is 0.0965. The van der Waals surface area contributed by atoms with Crippen molar-refractivity contribution in [1.82, 2.24) is 5.32 Å². The Morgan fingerprint density at radius 3 is 3.21 bits per heavy atom. The van der Waals surface area contributed by atoms with E-state index in [0.29, 0.717) is 13.2 Å². The van der Waals surface area contributed by atoms with E-state index in [0.717, 1.165) is 22.4 Å². The first kappa shape index (κ1) is 7.62. The number of hydrogen-bond acceptors (Lipinski definition) is 2. The van der Waals surface area contributed by atoms with E-state index in [1.54, 1.807) is 0 Å². The van der Waals surface area contributed by atoms with Gasteiger partial charge in [-0.15, -0.1) is 0 Å². The smallest absolute Gasteiger partial charge is 0.252 e. The molecule has 1 N–H and O–H groups in total. The predicted octanol–water partition coefficient (Wildman–Crippen LogP) is 1.34. The molecule has 1 aromatic rings. The molecule has 3 rings (SSSR count). The molecule has 3 nitrogen and oxygen atoms in total. The van der Waals surface area contributed by atoms with Gasteiger partial charge in [0.15, 0.2) is 0 Å². The number of rotatable bonds is 0.